The smallest absolute Gasteiger partial charge is 0.244 e. The van der Waals surface area contributed by atoms with Crippen molar-refractivity contribution < 1.29 is 4.79 Å². The number of nitrogens with zero attached hydrogens (tertiary/aromatic N) is 2. The molecule has 2 heterocycles. The quantitative estimate of drug-likeness (QED) is 0.881. The SMILES string of the molecule is C[C@@H](NC(=O)/C=C/c1cccnc1)c1nc2c(s1)CCCC2. The van der Waals surface area contributed by atoms with Gasteiger partial charge in [-0.3, -0.25) is 9.78 Å². The van der Waals surface area contributed by atoms with Crippen LogP contribution in [0.25, 0.3) is 6.08 Å². The monoisotopic (exact) mass is 313 g/mol. The van der Waals surface area contributed by atoms with E-state index in [-0.39, 0.29) is 11.9 Å². The molecule has 0 aromatic carbocycles. The Hall–Kier alpha value is -2.01. The molecule has 0 fully saturated rings. The van der Waals surface area contributed by atoms with Gasteiger partial charge in [0.1, 0.15) is 5.01 Å². The van der Waals surface area contributed by atoms with E-state index in [1.54, 1.807) is 35.9 Å². The summed E-state index contributed by atoms with van der Waals surface area (Å²) in [6.07, 6.45) is 11.4. The van der Waals surface area contributed by atoms with Gasteiger partial charge < -0.3 is 5.32 Å². The van der Waals surface area contributed by atoms with Crippen LogP contribution in [0.15, 0.2) is 30.6 Å². The summed E-state index contributed by atoms with van der Waals surface area (Å²) in [6.45, 7) is 1.99. The molecule has 0 bridgehead atoms. The molecule has 1 N–H and O–H groups in total. The van der Waals surface area contributed by atoms with E-state index in [0.717, 1.165) is 23.4 Å². The van der Waals surface area contributed by atoms with Crippen LogP contribution in [0.5, 0.6) is 0 Å². The number of nitrogens with one attached hydrogen (secondary N) is 1. The number of hydrogen-bond donors (Lipinski definition) is 1. The molecule has 4 nitrogen and oxygen atoms in total. The Morgan fingerprint density at radius 1 is 1.41 bits per heavy atom. The number of thiazole rings is 1. The third kappa shape index (κ3) is 3.60. The van der Waals surface area contributed by atoms with Crippen LogP contribution in [0, 0.1) is 0 Å². The van der Waals surface area contributed by atoms with Gasteiger partial charge in [-0.05, 0) is 50.3 Å². The second kappa shape index (κ2) is 6.83. The average molecular weight is 313 g/mol. The molecule has 0 radical (unpaired) electrons. The molecule has 2 aromatic heterocycles. The average Bonchev–Trinajstić information content (AvgIpc) is 2.98. The highest BCUT2D eigenvalue weighted by molar-refractivity contribution is 7.11. The van der Waals surface area contributed by atoms with E-state index >= 15 is 0 Å². The van der Waals surface area contributed by atoms with Crippen molar-refractivity contribution >= 4 is 23.3 Å². The minimum atomic E-state index is -0.107. The zero-order valence-electron chi connectivity index (χ0n) is 12.6. The number of rotatable bonds is 4. The molecule has 1 aliphatic carbocycles. The van der Waals surface area contributed by atoms with Crippen molar-refractivity contribution in [2.75, 3.05) is 0 Å². The normalized spacial score (nSPS) is 15.5. The fourth-order valence-corrected chi connectivity index (χ4v) is 3.68. The molecule has 22 heavy (non-hydrogen) atoms. The van der Waals surface area contributed by atoms with E-state index < -0.39 is 0 Å². The maximum atomic E-state index is 12.0. The Morgan fingerprint density at radius 2 is 2.27 bits per heavy atom. The first-order valence-corrected chi connectivity index (χ1v) is 8.41. The van der Waals surface area contributed by atoms with Crippen LogP contribution in [0.1, 0.15) is 46.9 Å². The highest BCUT2D eigenvalue weighted by atomic mass is 32.1. The van der Waals surface area contributed by atoms with Crippen molar-refractivity contribution in [1.29, 1.82) is 0 Å². The predicted octanol–water partition coefficient (Wildman–Crippen LogP) is 3.31. The van der Waals surface area contributed by atoms with Gasteiger partial charge in [-0.2, -0.15) is 0 Å². The lowest BCUT2D eigenvalue weighted by atomic mass is 10.0. The highest BCUT2D eigenvalue weighted by Crippen LogP contribution is 2.29. The van der Waals surface area contributed by atoms with Crippen molar-refractivity contribution in [3.63, 3.8) is 0 Å². The second-order valence-corrected chi connectivity index (χ2v) is 6.59. The molecule has 0 spiro atoms. The van der Waals surface area contributed by atoms with E-state index in [1.165, 1.54) is 23.4 Å². The standard InChI is InChI=1S/C17H19N3OS/c1-12(17-20-14-6-2-3-7-15(14)22-17)19-16(21)9-8-13-5-4-10-18-11-13/h4-5,8-12H,2-3,6-7H2,1H3,(H,19,21)/b9-8+/t12-/m1/s1. The third-order valence-corrected chi connectivity index (χ3v) is 5.04. The molecule has 2 aromatic rings. The first-order valence-electron chi connectivity index (χ1n) is 7.59. The summed E-state index contributed by atoms with van der Waals surface area (Å²) in [6, 6.07) is 3.71. The molecule has 1 atom stereocenters. The van der Waals surface area contributed by atoms with Gasteiger partial charge in [0, 0.05) is 23.3 Å². The lowest BCUT2D eigenvalue weighted by Gasteiger charge is -2.08. The summed E-state index contributed by atoms with van der Waals surface area (Å²) >= 11 is 1.74. The molecule has 114 valence electrons. The number of carbonyl (C=O) groups excluding carboxylic acids is 1. The largest absolute Gasteiger partial charge is 0.344 e. The number of pyridine rings is 1. The molecule has 1 aliphatic rings. The number of amides is 1. The topological polar surface area (TPSA) is 54.9 Å². The van der Waals surface area contributed by atoms with Crippen molar-refractivity contribution in [2.45, 2.75) is 38.6 Å². The summed E-state index contributed by atoms with van der Waals surface area (Å²) in [7, 11) is 0. The summed E-state index contributed by atoms with van der Waals surface area (Å²) in [5.74, 6) is -0.107. The zero-order valence-corrected chi connectivity index (χ0v) is 13.4. The van der Waals surface area contributed by atoms with Gasteiger partial charge in [-0.15, -0.1) is 11.3 Å². The minimum absolute atomic E-state index is 0.0540. The lowest BCUT2D eigenvalue weighted by molar-refractivity contribution is -0.117. The van der Waals surface area contributed by atoms with E-state index in [2.05, 4.69) is 10.3 Å². The number of hydrogen-bond acceptors (Lipinski definition) is 4. The Bertz CT molecular complexity index is 655. The molecule has 0 saturated heterocycles. The number of aryl methyl sites for hydroxylation is 2. The fourth-order valence-electron chi connectivity index (χ4n) is 2.53. The fraction of sp³-hybridized carbons (Fsp3) is 0.353. The second-order valence-electron chi connectivity index (χ2n) is 5.48. The Kier molecular flexibility index (Phi) is 4.63. The van der Waals surface area contributed by atoms with E-state index in [0.29, 0.717) is 0 Å². The lowest BCUT2D eigenvalue weighted by Crippen LogP contribution is -2.24. The van der Waals surface area contributed by atoms with Gasteiger partial charge in [0.15, 0.2) is 0 Å². The van der Waals surface area contributed by atoms with E-state index in [1.807, 2.05) is 19.1 Å². The number of carbonyl (C=O) groups is 1. The van der Waals surface area contributed by atoms with Crippen LogP contribution in [0.2, 0.25) is 0 Å². The zero-order chi connectivity index (χ0) is 15.4. The van der Waals surface area contributed by atoms with Crippen molar-refractivity contribution in [3.8, 4) is 0 Å². The minimum Gasteiger partial charge on any atom is -0.344 e. The Balaban J connectivity index is 1.61. The molecule has 3 rings (SSSR count). The molecular formula is C17H19N3OS. The van der Waals surface area contributed by atoms with E-state index in [9.17, 15) is 4.79 Å². The van der Waals surface area contributed by atoms with Gasteiger partial charge >= 0.3 is 0 Å². The molecule has 0 saturated carbocycles. The summed E-state index contributed by atoms with van der Waals surface area (Å²) < 4.78 is 0. The summed E-state index contributed by atoms with van der Waals surface area (Å²) in [5.41, 5.74) is 2.15. The van der Waals surface area contributed by atoms with Gasteiger partial charge in [0.05, 0.1) is 11.7 Å². The van der Waals surface area contributed by atoms with Crippen LogP contribution < -0.4 is 5.32 Å². The molecular weight excluding hydrogens is 294 g/mol. The molecule has 1 amide bonds. The third-order valence-electron chi connectivity index (χ3n) is 3.70. The van der Waals surface area contributed by atoms with Crippen LogP contribution in [-0.4, -0.2) is 15.9 Å². The Morgan fingerprint density at radius 3 is 3.05 bits per heavy atom. The first-order chi connectivity index (χ1) is 10.7. The number of aromatic nitrogens is 2. The van der Waals surface area contributed by atoms with E-state index in [4.69, 9.17) is 4.98 Å². The number of fused-ring (bicyclic) bond motifs is 1. The first kappa shape index (κ1) is 14.9. The Labute approximate surface area is 134 Å². The van der Waals surface area contributed by atoms with Crippen LogP contribution in [0.4, 0.5) is 0 Å². The highest BCUT2D eigenvalue weighted by Gasteiger charge is 2.18. The van der Waals surface area contributed by atoms with Crippen molar-refractivity contribution in [2.24, 2.45) is 0 Å². The van der Waals surface area contributed by atoms with Gasteiger partial charge in [0.2, 0.25) is 5.91 Å². The van der Waals surface area contributed by atoms with Crippen LogP contribution >= 0.6 is 11.3 Å². The van der Waals surface area contributed by atoms with Crippen LogP contribution in [0.3, 0.4) is 0 Å². The van der Waals surface area contributed by atoms with Crippen molar-refractivity contribution in [3.05, 3.63) is 51.7 Å². The van der Waals surface area contributed by atoms with Gasteiger partial charge in [0.25, 0.3) is 0 Å². The molecule has 5 heteroatoms. The van der Waals surface area contributed by atoms with Gasteiger partial charge in [-0.25, -0.2) is 4.98 Å². The summed E-state index contributed by atoms with van der Waals surface area (Å²) in [5, 5.41) is 3.99. The maximum Gasteiger partial charge on any atom is 0.244 e. The van der Waals surface area contributed by atoms with Gasteiger partial charge in [-0.1, -0.05) is 6.07 Å². The molecule has 0 unspecified atom stereocenters. The van der Waals surface area contributed by atoms with Crippen LogP contribution in [-0.2, 0) is 17.6 Å². The van der Waals surface area contributed by atoms with Crippen molar-refractivity contribution in [1.82, 2.24) is 15.3 Å². The summed E-state index contributed by atoms with van der Waals surface area (Å²) in [4.78, 5) is 22.1. The molecule has 0 aliphatic heterocycles. The maximum absolute atomic E-state index is 12.0. The predicted molar refractivity (Wildman–Crippen MR) is 88.6 cm³/mol.